The molecule has 0 aliphatic carbocycles. The Morgan fingerprint density at radius 1 is 1.25 bits per heavy atom. The zero-order valence-corrected chi connectivity index (χ0v) is 21.1. The van der Waals surface area contributed by atoms with Crippen molar-refractivity contribution in [1.82, 2.24) is 9.55 Å². The van der Waals surface area contributed by atoms with Crippen LogP contribution in [0, 0.1) is 6.92 Å². The van der Waals surface area contributed by atoms with Crippen molar-refractivity contribution < 1.29 is 19.1 Å². The number of esters is 1. The zero-order chi connectivity index (χ0) is 25.1. The number of fused-ring (bicyclic) bond motifs is 1. The first-order valence-corrected chi connectivity index (χ1v) is 12.8. The van der Waals surface area contributed by atoms with E-state index in [0.717, 1.165) is 18.5 Å². The standard InChI is InChI=1S/C27H28N4O4S/c1-17-10-12-36-22(17)15-28-19-13-21-23(30-26(32)18-7-4-3-5-8-18)24(27(33)34-2)31(25(21)29-14-19)16-20-9-6-11-35-20/h3-5,7-8,10,12-14,20,28H,6,9,11,15-16H2,1-2H3,(H,30,32)/t20-/m1/s1. The summed E-state index contributed by atoms with van der Waals surface area (Å²) in [5.41, 5.74) is 3.73. The Kier molecular flexibility index (Phi) is 7.02. The number of nitrogens with zero attached hydrogens (tertiary/aromatic N) is 2. The molecular weight excluding hydrogens is 476 g/mol. The number of amides is 1. The van der Waals surface area contributed by atoms with E-state index in [1.54, 1.807) is 41.8 Å². The van der Waals surface area contributed by atoms with Crippen LogP contribution in [0.1, 0.15) is 44.1 Å². The molecule has 0 unspecified atom stereocenters. The van der Waals surface area contributed by atoms with E-state index in [4.69, 9.17) is 14.5 Å². The highest BCUT2D eigenvalue weighted by Gasteiger charge is 2.29. The van der Waals surface area contributed by atoms with E-state index < -0.39 is 5.97 Å². The van der Waals surface area contributed by atoms with Crippen molar-refractivity contribution in [2.45, 2.75) is 39.0 Å². The number of aryl methyl sites for hydroxylation is 1. The summed E-state index contributed by atoms with van der Waals surface area (Å²) in [5, 5.41) is 9.12. The number of rotatable bonds is 8. The summed E-state index contributed by atoms with van der Waals surface area (Å²) >= 11 is 1.69. The van der Waals surface area contributed by atoms with Gasteiger partial charge in [-0.25, -0.2) is 9.78 Å². The minimum absolute atomic E-state index is 0.0388. The average Bonchev–Trinajstić information content (AvgIpc) is 3.63. The van der Waals surface area contributed by atoms with Crippen LogP contribution in [0.15, 0.2) is 54.0 Å². The molecule has 5 rings (SSSR count). The molecule has 1 aliphatic heterocycles. The molecule has 0 saturated carbocycles. The van der Waals surface area contributed by atoms with Crippen molar-refractivity contribution in [2.24, 2.45) is 0 Å². The lowest BCUT2D eigenvalue weighted by molar-refractivity contribution is 0.0580. The second-order valence-corrected chi connectivity index (χ2v) is 9.76. The molecule has 1 fully saturated rings. The number of nitrogens with one attached hydrogen (secondary N) is 2. The smallest absolute Gasteiger partial charge is 0.356 e. The summed E-state index contributed by atoms with van der Waals surface area (Å²) in [6.45, 7) is 3.87. The Morgan fingerprint density at radius 2 is 2.08 bits per heavy atom. The molecule has 1 aliphatic rings. The van der Waals surface area contributed by atoms with Gasteiger partial charge in [0.1, 0.15) is 5.65 Å². The molecule has 0 spiro atoms. The molecule has 9 heteroatoms. The third kappa shape index (κ3) is 4.84. The van der Waals surface area contributed by atoms with Gasteiger partial charge in [-0.3, -0.25) is 4.79 Å². The molecule has 4 aromatic rings. The maximum absolute atomic E-state index is 13.1. The summed E-state index contributed by atoms with van der Waals surface area (Å²) in [6, 6.07) is 12.9. The van der Waals surface area contributed by atoms with Crippen LogP contribution >= 0.6 is 11.3 Å². The van der Waals surface area contributed by atoms with Crippen molar-refractivity contribution in [3.8, 4) is 0 Å². The van der Waals surface area contributed by atoms with Gasteiger partial charge in [-0.15, -0.1) is 11.3 Å². The SMILES string of the molecule is COC(=O)c1c(NC(=O)c2ccccc2)c2cc(NCc3sccc3C)cnc2n1C[C@H]1CCCO1. The van der Waals surface area contributed by atoms with Gasteiger partial charge < -0.3 is 24.7 Å². The van der Waals surface area contributed by atoms with E-state index in [-0.39, 0.29) is 17.7 Å². The van der Waals surface area contributed by atoms with Gasteiger partial charge in [0.25, 0.3) is 5.91 Å². The number of methoxy groups -OCH3 is 1. The van der Waals surface area contributed by atoms with Crippen LogP contribution in [-0.2, 0) is 22.6 Å². The predicted molar refractivity (Wildman–Crippen MR) is 141 cm³/mol. The topological polar surface area (TPSA) is 94.5 Å². The van der Waals surface area contributed by atoms with Crippen LogP contribution < -0.4 is 10.6 Å². The number of anilines is 2. The molecule has 1 aromatic carbocycles. The molecule has 0 radical (unpaired) electrons. The van der Waals surface area contributed by atoms with E-state index >= 15 is 0 Å². The number of carbonyl (C=O) groups is 2. The number of hydrogen-bond acceptors (Lipinski definition) is 7. The fraction of sp³-hybridized carbons (Fsp3) is 0.296. The summed E-state index contributed by atoms with van der Waals surface area (Å²) in [5.74, 6) is -0.859. The number of hydrogen-bond donors (Lipinski definition) is 2. The molecule has 1 amide bonds. The summed E-state index contributed by atoms with van der Waals surface area (Å²) in [7, 11) is 1.34. The Hall–Kier alpha value is -3.69. The predicted octanol–water partition coefficient (Wildman–Crippen LogP) is 5.24. The Bertz CT molecular complexity index is 1390. The largest absolute Gasteiger partial charge is 0.464 e. The third-order valence-corrected chi connectivity index (χ3v) is 7.41. The zero-order valence-electron chi connectivity index (χ0n) is 20.2. The van der Waals surface area contributed by atoms with E-state index in [2.05, 4.69) is 29.0 Å². The highest BCUT2D eigenvalue weighted by molar-refractivity contribution is 7.10. The molecule has 186 valence electrons. The number of thiophene rings is 1. The Balaban J connectivity index is 1.58. The quantitative estimate of drug-likeness (QED) is 0.319. The fourth-order valence-electron chi connectivity index (χ4n) is 4.47. The first kappa shape index (κ1) is 24.0. The highest BCUT2D eigenvalue weighted by Crippen LogP contribution is 2.34. The van der Waals surface area contributed by atoms with Gasteiger partial charge in [0.15, 0.2) is 5.69 Å². The minimum atomic E-state index is -0.543. The Labute approximate surface area is 213 Å². The molecule has 8 nitrogen and oxygen atoms in total. The molecule has 2 N–H and O–H groups in total. The fourth-order valence-corrected chi connectivity index (χ4v) is 5.32. The first-order chi connectivity index (χ1) is 17.5. The van der Waals surface area contributed by atoms with Crippen molar-refractivity contribution in [3.63, 3.8) is 0 Å². The molecule has 0 bridgehead atoms. The maximum Gasteiger partial charge on any atom is 0.356 e. The normalized spacial score (nSPS) is 15.2. The van der Waals surface area contributed by atoms with Crippen molar-refractivity contribution in [1.29, 1.82) is 0 Å². The Morgan fingerprint density at radius 3 is 2.78 bits per heavy atom. The van der Waals surface area contributed by atoms with Gasteiger partial charge in [-0.2, -0.15) is 0 Å². The minimum Gasteiger partial charge on any atom is -0.464 e. The second kappa shape index (κ2) is 10.5. The highest BCUT2D eigenvalue weighted by atomic mass is 32.1. The third-order valence-electron chi connectivity index (χ3n) is 6.38. The summed E-state index contributed by atoms with van der Waals surface area (Å²) in [6.07, 6.45) is 3.58. The van der Waals surface area contributed by atoms with Gasteiger partial charge >= 0.3 is 5.97 Å². The lowest BCUT2D eigenvalue weighted by Gasteiger charge is -2.14. The van der Waals surface area contributed by atoms with Crippen LogP contribution in [0.3, 0.4) is 0 Å². The van der Waals surface area contributed by atoms with Gasteiger partial charge in [0.05, 0.1) is 37.3 Å². The average molecular weight is 505 g/mol. The molecule has 1 atom stereocenters. The van der Waals surface area contributed by atoms with Crippen molar-refractivity contribution in [2.75, 3.05) is 24.4 Å². The second-order valence-electron chi connectivity index (χ2n) is 8.76. The molecular formula is C27H28N4O4S. The number of pyridine rings is 1. The lowest BCUT2D eigenvalue weighted by Crippen LogP contribution is -2.21. The van der Waals surface area contributed by atoms with Gasteiger partial charge in [-0.1, -0.05) is 18.2 Å². The molecule has 1 saturated heterocycles. The van der Waals surface area contributed by atoms with Crippen LogP contribution in [-0.4, -0.2) is 41.2 Å². The lowest BCUT2D eigenvalue weighted by atomic mass is 10.2. The van der Waals surface area contributed by atoms with E-state index in [9.17, 15) is 9.59 Å². The van der Waals surface area contributed by atoms with Crippen molar-refractivity contribution in [3.05, 3.63) is 75.7 Å². The van der Waals surface area contributed by atoms with Crippen molar-refractivity contribution >= 4 is 45.6 Å². The maximum atomic E-state index is 13.1. The van der Waals surface area contributed by atoms with Crippen LogP contribution in [0.4, 0.5) is 11.4 Å². The number of aromatic nitrogens is 2. The monoisotopic (exact) mass is 504 g/mol. The van der Waals surface area contributed by atoms with Crippen LogP contribution in [0.2, 0.25) is 0 Å². The van der Waals surface area contributed by atoms with Crippen LogP contribution in [0.25, 0.3) is 11.0 Å². The first-order valence-electron chi connectivity index (χ1n) is 11.9. The summed E-state index contributed by atoms with van der Waals surface area (Å²) < 4.78 is 12.8. The number of benzene rings is 1. The van der Waals surface area contributed by atoms with Gasteiger partial charge in [0, 0.05) is 29.0 Å². The van der Waals surface area contributed by atoms with E-state index in [1.165, 1.54) is 17.6 Å². The number of ether oxygens (including phenoxy) is 2. The van der Waals surface area contributed by atoms with Gasteiger partial charge in [0.2, 0.25) is 0 Å². The molecule has 36 heavy (non-hydrogen) atoms. The van der Waals surface area contributed by atoms with Crippen LogP contribution in [0.5, 0.6) is 0 Å². The van der Waals surface area contributed by atoms with Gasteiger partial charge in [-0.05, 0) is 55.0 Å². The summed E-state index contributed by atoms with van der Waals surface area (Å²) in [4.78, 5) is 32.1. The number of carbonyl (C=O) groups excluding carboxylic acids is 2. The molecule has 4 heterocycles. The van der Waals surface area contributed by atoms with E-state index in [0.29, 0.717) is 42.0 Å². The molecule has 3 aromatic heterocycles. The van der Waals surface area contributed by atoms with E-state index in [1.807, 2.05) is 16.7 Å².